The van der Waals surface area contributed by atoms with Crippen LogP contribution in [0.3, 0.4) is 0 Å². The number of halogens is 2. The summed E-state index contributed by atoms with van der Waals surface area (Å²) in [5, 5.41) is 1.05. The van der Waals surface area contributed by atoms with E-state index in [9.17, 15) is 8.78 Å². The van der Waals surface area contributed by atoms with Crippen molar-refractivity contribution in [3.8, 4) is 11.1 Å². The molecule has 0 aliphatic carbocycles. The van der Waals surface area contributed by atoms with Crippen LogP contribution in [0.25, 0.3) is 11.1 Å². The molecule has 0 aliphatic heterocycles. The van der Waals surface area contributed by atoms with Crippen LogP contribution in [0.15, 0.2) is 42.5 Å². The van der Waals surface area contributed by atoms with Crippen molar-refractivity contribution in [3.63, 3.8) is 0 Å². The van der Waals surface area contributed by atoms with Crippen molar-refractivity contribution < 1.29 is 17.6 Å². The fourth-order valence-electron chi connectivity index (χ4n) is 2.20. The van der Waals surface area contributed by atoms with Crippen molar-refractivity contribution in [2.24, 2.45) is 0 Å². The lowest BCUT2D eigenvalue weighted by Gasteiger charge is -2.16. The van der Waals surface area contributed by atoms with Gasteiger partial charge in [0.15, 0.2) is 11.6 Å². The van der Waals surface area contributed by atoms with Crippen molar-refractivity contribution in [2.45, 2.75) is 26.7 Å². The lowest BCUT2D eigenvalue weighted by Crippen LogP contribution is -2.37. The molecule has 2 nitrogen and oxygen atoms in total. The molecule has 0 fully saturated rings. The van der Waals surface area contributed by atoms with E-state index in [2.05, 4.69) is 13.8 Å². The average Bonchev–Trinajstić information content (AvgIpc) is 2.58. The Labute approximate surface area is 137 Å². The van der Waals surface area contributed by atoms with E-state index in [0.717, 1.165) is 29.7 Å². The van der Waals surface area contributed by atoms with Crippen molar-refractivity contribution in [2.75, 3.05) is 13.2 Å². The first-order valence-corrected chi connectivity index (χ1v) is 9.46. The van der Waals surface area contributed by atoms with E-state index in [1.54, 1.807) is 6.07 Å². The van der Waals surface area contributed by atoms with Crippen molar-refractivity contribution in [1.82, 2.24) is 0 Å². The molecule has 0 heterocycles. The second-order valence-corrected chi connectivity index (χ2v) is 7.32. The van der Waals surface area contributed by atoms with Crippen LogP contribution in [-0.4, -0.2) is 22.5 Å². The molecule has 0 saturated carbocycles. The summed E-state index contributed by atoms with van der Waals surface area (Å²) in [4.78, 5) is 0. The van der Waals surface area contributed by atoms with Crippen molar-refractivity contribution >= 4 is 14.5 Å². The van der Waals surface area contributed by atoms with Gasteiger partial charge in [0.1, 0.15) is 0 Å². The Balaban J connectivity index is 2.16. The Morgan fingerprint density at radius 1 is 0.783 bits per heavy atom. The van der Waals surface area contributed by atoms with Crippen LogP contribution in [-0.2, 0) is 8.85 Å². The Hall–Kier alpha value is -1.56. The van der Waals surface area contributed by atoms with Crippen LogP contribution in [0.2, 0.25) is 0 Å². The molecule has 2 rings (SSSR count). The molecule has 0 unspecified atom stereocenters. The van der Waals surface area contributed by atoms with E-state index < -0.39 is 20.9 Å². The zero-order valence-electron chi connectivity index (χ0n) is 13.5. The summed E-state index contributed by atoms with van der Waals surface area (Å²) < 4.78 is 38.1. The third kappa shape index (κ3) is 4.96. The lowest BCUT2D eigenvalue weighted by atomic mass is 10.1. The second kappa shape index (κ2) is 8.91. The van der Waals surface area contributed by atoms with E-state index in [1.807, 2.05) is 24.3 Å². The third-order valence-corrected chi connectivity index (χ3v) is 5.39. The van der Waals surface area contributed by atoms with Crippen LogP contribution in [0.1, 0.15) is 26.7 Å². The summed E-state index contributed by atoms with van der Waals surface area (Å²) in [5.74, 6) is -1.67. The highest BCUT2D eigenvalue weighted by Crippen LogP contribution is 2.20. The van der Waals surface area contributed by atoms with Gasteiger partial charge in [0, 0.05) is 13.2 Å². The van der Waals surface area contributed by atoms with Crippen LogP contribution in [0.4, 0.5) is 8.78 Å². The highest BCUT2D eigenvalue weighted by molar-refractivity contribution is 6.61. The Bertz CT molecular complexity index is 609. The molecule has 0 aromatic heterocycles. The van der Waals surface area contributed by atoms with Gasteiger partial charge in [0.25, 0.3) is 0 Å². The van der Waals surface area contributed by atoms with Crippen LogP contribution >= 0.6 is 0 Å². The molecule has 0 atom stereocenters. The van der Waals surface area contributed by atoms with Crippen LogP contribution in [0, 0.1) is 11.6 Å². The third-order valence-electron chi connectivity index (χ3n) is 3.38. The average molecular weight is 336 g/mol. The SMILES string of the molecule is CCCO[SiH](OCCC)c1ccc(-c2ccc(F)c(F)c2)cc1. The summed E-state index contributed by atoms with van der Waals surface area (Å²) in [7, 11) is -1.89. The monoisotopic (exact) mass is 336 g/mol. The molecular formula is C18H22F2O2Si. The normalized spacial score (nSPS) is 11.2. The van der Waals surface area contributed by atoms with Crippen LogP contribution < -0.4 is 5.19 Å². The van der Waals surface area contributed by atoms with Gasteiger partial charge in [-0.05, 0) is 41.3 Å². The van der Waals surface area contributed by atoms with Crippen molar-refractivity contribution in [3.05, 3.63) is 54.1 Å². The maximum atomic E-state index is 13.3. The van der Waals surface area contributed by atoms with E-state index in [1.165, 1.54) is 6.07 Å². The first-order valence-electron chi connectivity index (χ1n) is 7.94. The first kappa shape index (κ1) is 17.8. The van der Waals surface area contributed by atoms with Gasteiger partial charge in [0.2, 0.25) is 0 Å². The molecule has 0 saturated heterocycles. The highest BCUT2D eigenvalue weighted by atomic mass is 28.3. The van der Waals surface area contributed by atoms with Gasteiger partial charge in [0.05, 0.1) is 0 Å². The van der Waals surface area contributed by atoms with Gasteiger partial charge < -0.3 is 8.85 Å². The van der Waals surface area contributed by atoms with Gasteiger partial charge in [-0.2, -0.15) is 0 Å². The summed E-state index contributed by atoms with van der Waals surface area (Å²) >= 11 is 0. The zero-order valence-corrected chi connectivity index (χ0v) is 14.7. The van der Waals surface area contributed by atoms with Crippen LogP contribution in [0.5, 0.6) is 0 Å². The smallest absolute Gasteiger partial charge is 0.355 e. The molecule has 0 bridgehead atoms. The van der Waals surface area contributed by atoms with E-state index in [-0.39, 0.29) is 0 Å². The number of hydrogen-bond acceptors (Lipinski definition) is 2. The minimum absolute atomic E-state index is 0.651. The second-order valence-electron chi connectivity index (χ2n) is 5.32. The number of hydrogen-bond donors (Lipinski definition) is 0. The predicted molar refractivity (Wildman–Crippen MR) is 91.1 cm³/mol. The minimum atomic E-state index is -1.89. The highest BCUT2D eigenvalue weighted by Gasteiger charge is 2.16. The molecule has 5 heteroatoms. The molecule has 2 aromatic carbocycles. The van der Waals surface area contributed by atoms with E-state index >= 15 is 0 Å². The maximum Gasteiger partial charge on any atom is 0.355 e. The topological polar surface area (TPSA) is 18.5 Å². The molecule has 2 aromatic rings. The predicted octanol–water partition coefficient (Wildman–Crippen LogP) is 3.91. The van der Waals surface area contributed by atoms with Gasteiger partial charge in [-0.3, -0.25) is 0 Å². The molecule has 0 amide bonds. The molecule has 0 aliphatic rings. The number of benzene rings is 2. The first-order chi connectivity index (χ1) is 11.2. The van der Waals surface area contributed by atoms with Gasteiger partial charge in [-0.25, -0.2) is 8.78 Å². The van der Waals surface area contributed by atoms with E-state index in [4.69, 9.17) is 8.85 Å². The fraction of sp³-hybridized carbons (Fsp3) is 0.333. The quantitative estimate of drug-likeness (QED) is 0.681. The Morgan fingerprint density at radius 2 is 1.35 bits per heavy atom. The molecule has 124 valence electrons. The molecule has 0 N–H and O–H groups in total. The molecule has 0 spiro atoms. The summed E-state index contributed by atoms with van der Waals surface area (Å²) in [6.07, 6.45) is 1.90. The molecular weight excluding hydrogens is 314 g/mol. The summed E-state index contributed by atoms with van der Waals surface area (Å²) in [6, 6.07) is 11.6. The summed E-state index contributed by atoms with van der Waals surface area (Å²) in [6.45, 7) is 5.51. The van der Waals surface area contributed by atoms with Gasteiger partial charge in [-0.15, -0.1) is 0 Å². The van der Waals surface area contributed by atoms with E-state index in [0.29, 0.717) is 18.8 Å². The largest absolute Gasteiger partial charge is 0.393 e. The standard InChI is InChI=1S/C18H22F2O2Si/c1-3-11-21-23(22-12-4-2)16-8-5-14(6-9-16)15-7-10-17(19)18(20)13-15/h5-10,13,23H,3-4,11-12H2,1-2H3. The zero-order chi connectivity index (χ0) is 16.7. The Kier molecular flexibility index (Phi) is 6.89. The molecule has 0 radical (unpaired) electrons. The fourth-order valence-corrected chi connectivity index (χ4v) is 4.09. The number of rotatable bonds is 8. The minimum Gasteiger partial charge on any atom is -0.393 e. The molecule has 23 heavy (non-hydrogen) atoms. The van der Waals surface area contributed by atoms with Gasteiger partial charge >= 0.3 is 9.28 Å². The van der Waals surface area contributed by atoms with Gasteiger partial charge in [-0.1, -0.05) is 44.2 Å². The van der Waals surface area contributed by atoms with Crippen molar-refractivity contribution in [1.29, 1.82) is 0 Å². The maximum absolute atomic E-state index is 13.3. The Morgan fingerprint density at radius 3 is 1.87 bits per heavy atom. The summed E-state index contributed by atoms with van der Waals surface area (Å²) in [5.41, 5.74) is 1.49. The lowest BCUT2D eigenvalue weighted by molar-refractivity contribution is 0.207.